The molecule has 1 aliphatic carbocycles. The average Bonchev–Trinajstić information content (AvgIpc) is 2.44. The minimum atomic E-state index is 0.226. The Morgan fingerprint density at radius 2 is 1.71 bits per heavy atom. The lowest BCUT2D eigenvalue weighted by molar-refractivity contribution is 0.0911. The van der Waals surface area contributed by atoms with Gasteiger partial charge >= 0.3 is 0 Å². The molecule has 1 heterocycles. The normalized spacial score (nSPS) is 34.9. The van der Waals surface area contributed by atoms with Gasteiger partial charge in [0.05, 0.1) is 5.38 Å². The van der Waals surface area contributed by atoms with Crippen molar-refractivity contribution in [1.29, 1.82) is 0 Å². The van der Waals surface area contributed by atoms with Crippen LogP contribution in [0.5, 0.6) is 0 Å². The molecule has 0 amide bonds. The van der Waals surface area contributed by atoms with Gasteiger partial charge in [0.25, 0.3) is 0 Å². The van der Waals surface area contributed by atoms with Crippen molar-refractivity contribution in [3.8, 4) is 0 Å². The molecule has 82 valence electrons. The summed E-state index contributed by atoms with van der Waals surface area (Å²) < 4.78 is 0. The second-order valence-corrected chi connectivity index (χ2v) is 5.92. The fourth-order valence-electron chi connectivity index (χ4n) is 3.12. The smallest absolute Gasteiger partial charge is 0.0526 e. The van der Waals surface area contributed by atoms with Crippen LogP contribution in [0.3, 0.4) is 0 Å². The molecule has 0 spiro atoms. The van der Waals surface area contributed by atoms with Crippen molar-refractivity contribution < 1.29 is 0 Å². The highest BCUT2D eigenvalue weighted by Gasteiger charge is 2.43. The zero-order valence-electron chi connectivity index (χ0n) is 9.43. The highest BCUT2D eigenvalue weighted by Crippen LogP contribution is 2.38. The van der Waals surface area contributed by atoms with Crippen molar-refractivity contribution in [2.75, 3.05) is 6.54 Å². The molecule has 0 bridgehead atoms. The zero-order chi connectivity index (χ0) is 10.2. The summed E-state index contributed by atoms with van der Waals surface area (Å²) in [5.41, 5.74) is 0.226. The van der Waals surface area contributed by atoms with Gasteiger partial charge in [-0.3, -0.25) is 4.90 Å². The zero-order valence-corrected chi connectivity index (χ0v) is 10.2. The number of nitrogens with zero attached hydrogens (tertiary/aromatic N) is 1. The number of rotatable bonds is 1. The maximum atomic E-state index is 6.38. The quantitative estimate of drug-likeness (QED) is 0.606. The standard InChI is InChI=1S/C12H22ClN/c1-12(2)11(13)8-9-14(12)10-6-4-3-5-7-10/h10-11H,3-9H2,1-2H3. The molecule has 2 heteroatoms. The summed E-state index contributed by atoms with van der Waals surface area (Å²) >= 11 is 6.38. The van der Waals surface area contributed by atoms with Gasteiger partial charge in [-0.15, -0.1) is 11.6 Å². The molecule has 1 saturated heterocycles. The average molecular weight is 216 g/mol. The topological polar surface area (TPSA) is 3.24 Å². The van der Waals surface area contributed by atoms with E-state index in [-0.39, 0.29) is 5.54 Å². The van der Waals surface area contributed by atoms with Crippen LogP contribution >= 0.6 is 11.6 Å². The summed E-state index contributed by atoms with van der Waals surface area (Å²) in [5.74, 6) is 0. The van der Waals surface area contributed by atoms with Crippen molar-refractivity contribution in [1.82, 2.24) is 4.90 Å². The highest BCUT2D eigenvalue weighted by molar-refractivity contribution is 6.21. The van der Waals surface area contributed by atoms with Crippen LogP contribution in [-0.4, -0.2) is 28.4 Å². The molecule has 1 saturated carbocycles. The largest absolute Gasteiger partial charge is 0.294 e. The van der Waals surface area contributed by atoms with E-state index in [0.29, 0.717) is 5.38 Å². The predicted molar refractivity (Wildman–Crippen MR) is 61.9 cm³/mol. The van der Waals surface area contributed by atoms with E-state index < -0.39 is 0 Å². The van der Waals surface area contributed by atoms with E-state index in [4.69, 9.17) is 11.6 Å². The molecular weight excluding hydrogens is 194 g/mol. The van der Waals surface area contributed by atoms with Gasteiger partial charge in [-0.2, -0.15) is 0 Å². The third kappa shape index (κ3) is 1.81. The van der Waals surface area contributed by atoms with E-state index in [1.807, 2.05) is 0 Å². The number of hydrogen-bond donors (Lipinski definition) is 0. The van der Waals surface area contributed by atoms with Crippen LogP contribution in [0, 0.1) is 0 Å². The van der Waals surface area contributed by atoms with Crippen molar-refractivity contribution >= 4 is 11.6 Å². The van der Waals surface area contributed by atoms with Gasteiger partial charge in [0.15, 0.2) is 0 Å². The first-order valence-corrected chi connectivity index (χ1v) is 6.47. The Hall–Kier alpha value is 0.250. The van der Waals surface area contributed by atoms with Crippen LogP contribution in [0.1, 0.15) is 52.4 Å². The molecule has 0 N–H and O–H groups in total. The Balaban J connectivity index is 2.03. The molecule has 1 atom stereocenters. The van der Waals surface area contributed by atoms with Gasteiger partial charge in [-0.1, -0.05) is 19.3 Å². The summed E-state index contributed by atoms with van der Waals surface area (Å²) in [5, 5.41) is 0.351. The molecule has 1 unspecified atom stereocenters. The van der Waals surface area contributed by atoms with Crippen LogP contribution in [0.15, 0.2) is 0 Å². The Bertz CT molecular complexity index is 196. The van der Waals surface area contributed by atoms with Crippen LogP contribution in [0.2, 0.25) is 0 Å². The van der Waals surface area contributed by atoms with E-state index in [1.54, 1.807) is 0 Å². The van der Waals surface area contributed by atoms with Crippen LogP contribution in [0.4, 0.5) is 0 Å². The van der Waals surface area contributed by atoms with Crippen molar-refractivity contribution in [2.45, 2.75) is 69.3 Å². The lowest BCUT2D eigenvalue weighted by Gasteiger charge is -2.41. The second-order valence-electron chi connectivity index (χ2n) is 5.40. The Kier molecular flexibility index (Phi) is 3.09. The summed E-state index contributed by atoms with van der Waals surface area (Å²) in [6, 6.07) is 0.822. The summed E-state index contributed by atoms with van der Waals surface area (Å²) in [4.78, 5) is 2.67. The summed E-state index contributed by atoms with van der Waals surface area (Å²) in [6.07, 6.45) is 8.24. The van der Waals surface area contributed by atoms with Crippen molar-refractivity contribution in [3.05, 3.63) is 0 Å². The first kappa shape index (κ1) is 10.8. The fraction of sp³-hybridized carbons (Fsp3) is 1.00. The maximum absolute atomic E-state index is 6.38. The molecule has 0 aromatic heterocycles. The molecule has 0 radical (unpaired) electrons. The first-order valence-electron chi connectivity index (χ1n) is 6.03. The SMILES string of the molecule is CC1(C)C(Cl)CCN1C1CCCCC1. The number of likely N-dealkylation sites (tertiary alicyclic amines) is 1. The number of halogens is 1. The van der Waals surface area contributed by atoms with Gasteiger partial charge in [-0.25, -0.2) is 0 Å². The molecule has 0 aromatic carbocycles. The summed E-state index contributed by atoms with van der Waals surface area (Å²) in [7, 11) is 0. The van der Waals surface area contributed by atoms with E-state index in [0.717, 1.165) is 6.04 Å². The lowest BCUT2D eigenvalue weighted by Crippen LogP contribution is -2.49. The lowest BCUT2D eigenvalue weighted by atomic mass is 9.91. The summed E-state index contributed by atoms with van der Waals surface area (Å²) in [6.45, 7) is 5.84. The van der Waals surface area contributed by atoms with Crippen molar-refractivity contribution in [2.24, 2.45) is 0 Å². The molecule has 14 heavy (non-hydrogen) atoms. The van der Waals surface area contributed by atoms with Crippen LogP contribution < -0.4 is 0 Å². The maximum Gasteiger partial charge on any atom is 0.0526 e. The van der Waals surface area contributed by atoms with Gasteiger partial charge < -0.3 is 0 Å². The third-order valence-electron chi connectivity index (χ3n) is 4.15. The molecule has 1 aliphatic heterocycles. The Morgan fingerprint density at radius 3 is 2.21 bits per heavy atom. The van der Waals surface area contributed by atoms with E-state index >= 15 is 0 Å². The monoisotopic (exact) mass is 215 g/mol. The minimum Gasteiger partial charge on any atom is -0.294 e. The Morgan fingerprint density at radius 1 is 1.07 bits per heavy atom. The third-order valence-corrected chi connectivity index (χ3v) is 4.90. The van der Waals surface area contributed by atoms with Gasteiger partial charge in [0, 0.05) is 18.1 Å². The van der Waals surface area contributed by atoms with Gasteiger partial charge in [0.1, 0.15) is 0 Å². The first-order chi connectivity index (χ1) is 6.62. The Labute approximate surface area is 92.8 Å². The number of alkyl halides is 1. The molecule has 2 rings (SSSR count). The van der Waals surface area contributed by atoms with Gasteiger partial charge in [-0.05, 0) is 33.1 Å². The van der Waals surface area contributed by atoms with E-state index in [2.05, 4.69) is 18.7 Å². The fourth-order valence-corrected chi connectivity index (χ4v) is 3.34. The predicted octanol–water partition coefficient (Wildman–Crippen LogP) is 3.41. The molecule has 0 aromatic rings. The van der Waals surface area contributed by atoms with E-state index in [1.165, 1.54) is 45.1 Å². The van der Waals surface area contributed by atoms with Crippen molar-refractivity contribution in [3.63, 3.8) is 0 Å². The molecular formula is C12H22ClN. The minimum absolute atomic E-state index is 0.226. The second kappa shape index (κ2) is 4.02. The van der Waals surface area contributed by atoms with E-state index in [9.17, 15) is 0 Å². The molecule has 1 nitrogen and oxygen atoms in total. The van der Waals surface area contributed by atoms with Gasteiger partial charge in [0.2, 0.25) is 0 Å². The molecule has 2 fully saturated rings. The van der Waals surface area contributed by atoms with Crippen LogP contribution in [-0.2, 0) is 0 Å². The van der Waals surface area contributed by atoms with Crippen LogP contribution in [0.25, 0.3) is 0 Å². The highest BCUT2D eigenvalue weighted by atomic mass is 35.5. The number of hydrogen-bond acceptors (Lipinski definition) is 1. The molecule has 2 aliphatic rings.